The molecule has 0 atom stereocenters. The van der Waals surface area contributed by atoms with Gasteiger partial charge in [-0.1, -0.05) is 26.0 Å². The number of carbonyl (C=O) groups is 1. The van der Waals surface area contributed by atoms with E-state index in [-0.39, 0.29) is 11.4 Å². The number of amides is 1. The van der Waals surface area contributed by atoms with Gasteiger partial charge in [0.15, 0.2) is 0 Å². The van der Waals surface area contributed by atoms with Crippen molar-refractivity contribution >= 4 is 21.8 Å². The Balaban J connectivity index is 2.75. The first-order chi connectivity index (χ1) is 8.43. The molecule has 4 heteroatoms. The van der Waals surface area contributed by atoms with Gasteiger partial charge in [-0.25, -0.2) is 0 Å². The maximum atomic E-state index is 12.1. The number of aryl methyl sites for hydroxylation is 1. The summed E-state index contributed by atoms with van der Waals surface area (Å²) in [6.07, 6.45) is 1.69. The van der Waals surface area contributed by atoms with Gasteiger partial charge in [0.05, 0.1) is 5.56 Å². The summed E-state index contributed by atoms with van der Waals surface area (Å²) in [4.78, 5) is 12.1. The highest BCUT2D eigenvalue weighted by Crippen LogP contribution is 2.21. The third-order valence-electron chi connectivity index (χ3n) is 3.45. The molecule has 1 aromatic carbocycles. The molecule has 0 saturated carbocycles. The van der Waals surface area contributed by atoms with Crippen LogP contribution in [-0.2, 0) is 0 Å². The van der Waals surface area contributed by atoms with Gasteiger partial charge < -0.3 is 11.1 Å². The lowest BCUT2D eigenvalue weighted by atomic mass is 9.94. The van der Waals surface area contributed by atoms with Crippen LogP contribution in [0.3, 0.4) is 0 Å². The van der Waals surface area contributed by atoms with Gasteiger partial charge in [-0.15, -0.1) is 0 Å². The Hall–Kier alpha value is -0.870. The summed E-state index contributed by atoms with van der Waals surface area (Å²) < 4.78 is 0.845. The molecular formula is C14H21BrN2O. The van der Waals surface area contributed by atoms with Crippen molar-refractivity contribution in [3.05, 3.63) is 33.8 Å². The fourth-order valence-corrected chi connectivity index (χ4v) is 2.12. The Labute approximate surface area is 117 Å². The summed E-state index contributed by atoms with van der Waals surface area (Å²) in [5.41, 5.74) is 7.56. The van der Waals surface area contributed by atoms with E-state index in [1.165, 1.54) is 0 Å². The predicted molar refractivity (Wildman–Crippen MR) is 78.7 cm³/mol. The van der Waals surface area contributed by atoms with Crippen molar-refractivity contribution in [2.45, 2.75) is 39.2 Å². The molecule has 0 heterocycles. The van der Waals surface area contributed by atoms with Gasteiger partial charge in [-0.2, -0.15) is 0 Å². The third kappa shape index (κ3) is 3.56. The Morgan fingerprint density at radius 1 is 1.39 bits per heavy atom. The number of nitrogens with two attached hydrogens (primary N) is 1. The molecule has 0 aliphatic rings. The highest BCUT2D eigenvalue weighted by atomic mass is 79.9. The Morgan fingerprint density at radius 2 is 2.00 bits per heavy atom. The number of carbonyl (C=O) groups excluding carboxylic acids is 1. The number of hydrogen-bond donors (Lipinski definition) is 2. The van der Waals surface area contributed by atoms with Crippen LogP contribution < -0.4 is 11.1 Å². The summed E-state index contributed by atoms with van der Waals surface area (Å²) in [5, 5.41) is 2.92. The summed E-state index contributed by atoms with van der Waals surface area (Å²) in [7, 11) is 0. The normalized spacial score (nSPS) is 11.4. The molecule has 0 aliphatic heterocycles. The third-order valence-corrected chi connectivity index (χ3v) is 4.50. The van der Waals surface area contributed by atoms with Crippen LogP contribution in [0.2, 0.25) is 0 Å². The number of rotatable bonds is 5. The van der Waals surface area contributed by atoms with Crippen LogP contribution in [0.15, 0.2) is 22.7 Å². The standard InChI is InChI=1S/C14H21BrN2O/c1-4-14(16,5-2)9-17-13(18)11-8-6-7-10(3)12(11)15/h6-8H,4-5,9,16H2,1-3H3,(H,17,18). The quantitative estimate of drug-likeness (QED) is 0.878. The van der Waals surface area contributed by atoms with Crippen molar-refractivity contribution in [2.24, 2.45) is 5.73 Å². The van der Waals surface area contributed by atoms with Crippen molar-refractivity contribution in [1.29, 1.82) is 0 Å². The zero-order chi connectivity index (χ0) is 13.8. The second-order valence-electron chi connectivity index (χ2n) is 4.69. The maximum Gasteiger partial charge on any atom is 0.252 e. The van der Waals surface area contributed by atoms with E-state index in [4.69, 9.17) is 5.73 Å². The van der Waals surface area contributed by atoms with Crippen molar-refractivity contribution in [2.75, 3.05) is 6.54 Å². The van der Waals surface area contributed by atoms with Crippen LogP contribution in [0, 0.1) is 6.92 Å². The van der Waals surface area contributed by atoms with E-state index in [0.29, 0.717) is 12.1 Å². The molecule has 1 rings (SSSR count). The minimum atomic E-state index is -0.314. The van der Waals surface area contributed by atoms with Crippen LogP contribution >= 0.6 is 15.9 Å². The molecule has 100 valence electrons. The first kappa shape index (κ1) is 15.2. The number of halogens is 1. The van der Waals surface area contributed by atoms with Crippen LogP contribution in [0.5, 0.6) is 0 Å². The fourth-order valence-electron chi connectivity index (χ4n) is 1.67. The second-order valence-corrected chi connectivity index (χ2v) is 5.48. The molecule has 0 radical (unpaired) electrons. The van der Waals surface area contributed by atoms with Gasteiger partial charge >= 0.3 is 0 Å². The van der Waals surface area contributed by atoms with Gasteiger partial charge in [0.2, 0.25) is 0 Å². The molecule has 0 spiro atoms. The molecule has 0 bridgehead atoms. The Kier molecular flexibility index (Phi) is 5.35. The molecule has 0 aliphatic carbocycles. The molecule has 1 aromatic rings. The molecular weight excluding hydrogens is 292 g/mol. The molecule has 0 unspecified atom stereocenters. The predicted octanol–water partition coefficient (Wildman–Crippen LogP) is 3.00. The fraction of sp³-hybridized carbons (Fsp3) is 0.500. The van der Waals surface area contributed by atoms with Gasteiger partial charge in [-0.05, 0) is 47.3 Å². The van der Waals surface area contributed by atoms with E-state index >= 15 is 0 Å². The molecule has 18 heavy (non-hydrogen) atoms. The van der Waals surface area contributed by atoms with E-state index in [1.807, 2.05) is 39.0 Å². The largest absolute Gasteiger partial charge is 0.350 e. The van der Waals surface area contributed by atoms with Crippen LogP contribution in [0.4, 0.5) is 0 Å². The topological polar surface area (TPSA) is 55.1 Å². The lowest BCUT2D eigenvalue weighted by molar-refractivity contribution is 0.0941. The van der Waals surface area contributed by atoms with E-state index in [9.17, 15) is 4.79 Å². The van der Waals surface area contributed by atoms with Crippen molar-refractivity contribution in [1.82, 2.24) is 5.32 Å². The van der Waals surface area contributed by atoms with E-state index in [0.717, 1.165) is 22.9 Å². The summed E-state index contributed by atoms with van der Waals surface area (Å²) in [5.74, 6) is -0.0812. The monoisotopic (exact) mass is 312 g/mol. The molecule has 3 N–H and O–H groups in total. The number of hydrogen-bond acceptors (Lipinski definition) is 2. The highest BCUT2D eigenvalue weighted by molar-refractivity contribution is 9.10. The maximum absolute atomic E-state index is 12.1. The highest BCUT2D eigenvalue weighted by Gasteiger charge is 2.21. The second kappa shape index (κ2) is 6.34. The smallest absolute Gasteiger partial charge is 0.252 e. The number of benzene rings is 1. The summed E-state index contributed by atoms with van der Waals surface area (Å²) in [6.45, 7) is 6.54. The van der Waals surface area contributed by atoms with Gasteiger partial charge in [0.1, 0.15) is 0 Å². The molecule has 0 aromatic heterocycles. The molecule has 3 nitrogen and oxygen atoms in total. The summed E-state index contributed by atoms with van der Waals surface area (Å²) in [6, 6.07) is 5.65. The van der Waals surface area contributed by atoms with E-state index in [2.05, 4.69) is 21.2 Å². The van der Waals surface area contributed by atoms with Crippen LogP contribution in [-0.4, -0.2) is 18.0 Å². The van der Waals surface area contributed by atoms with Crippen molar-refractivity contribution in [3.63, 3.8) is 0 Å². The van der Waals surface area contributed by atoms with Crippen molar-refractivity contribution < 1.29 is 4.79 Å². The SMILES string of the molecule is CCC(N)(CC)CNC(=O)c1cccc(C)c1Br. The van der Waals surface area contributed by atoms with Crippen molar-refractivity contribution in [3.8, 4) is 0 Å². The molecule has 0 fully saturated rings. The summed E-state index contributed by atoms with van der Waals surface area (Å²) >= 11 is 3.44. The zero-order valence-electron chi connectivity index (χ0n) is 11.2. The van der Waals surface area contributed by atoms with Crippen LogP contribution in [0.1, 0.15) is 42.6 Å². The van der Waals surface area contributed by atoms with Gasteiger partial charge in [0.25, 0.3) is 5.91 Å². The lowest BCUT2D eigenvalue weighted by Crippen LogP contribution is -2.49. The van der Waals surface area contributed by atoms with Gasteiger partial charge in [-0.3, -0.25) is 4.79 Å². The average Bonchev–Trinajstić information content (AvgIpc) is 2.39. The first-order valence-corrected chi connectivity index (χ1v) is 7.05. The zero-order valence-corrected chi connectivity index (χ0v) is 12.8. The molecule has 1 amide bonds. The number of nitrogens with one attached hydrogen (secondary N) is 1. The Morgan fingerprint density at radius 3 is 2.56 bits per heavy atom. The minimum absolute atomic E-state index is 0.0812. The van der Waals surface area contributed by atoms with E-state index in [1.54, 1.807) is 0 Å². The van der Waals surface area contributed by atoms with Gasteiger partial charge in [0, 0.05) is 16.6 Å². The molecule has 0 saturated heterocycles. The average molecular weight is 313 g/mol. The first-order valence-electron chi connectivity index (χ1n) is 6.25. The Bertz CT molecular complexity index is 428. The van der Waals surface area contributed by atoms with E-state index < -0.39 is 0 Å². The minimum Gasteiger partial charge on any atom is -0.350 e. The van der Waals surface area contributed by atoms with Crippen LogP contribution in [0.25, 0.3) is 0 Å². The lowest BCUT2D eigenvalue weighted by Gasteiger charge is -2.26.